The summed E-state index contributed by atoms with van der Waals surface area (Å²) < 4.78 is 4.79. The number of nitrogens with two attached hydrogens (primary N) is 1. The third-order valence-electron chi connectivity index (χ3n) is 9.62. The van der Waals surface area contributed by atoms with Crippen LogP contribution in [0.25, 0.3) is 55.3 Å². The summed E-state index contributed by atoms with van der Waals surface area (Å²) in [6, 6.07) is 65.4. The summed E-state index contributed by atoms with van der Waals surface area (Å²) in [6.45, 7) is 0.495. The highest BCUT2D eigenvalue weighted by Crippen LogP contribution is 2.41. The third-order valence-corrected chi connectivity index (χ3v) is 9.62. The molecule has 0 fully saturated rings. The number of aromatic nitrogens is 2. The van der Waals surface area contributed by atoms with Crippen molar-refractivity contribution < 1.29 is 0 Å². The molecule has 52 heavy (non-hydrogen) atoms. The molecule has 0 aliphatic heterocycles. The third kappa shape index (κ3) is 5.64. The number of amidine groups is 2. The number of fused-ring (bicyclic) bond motifs is 5. The van der Waals surface area contributed by atoms with E-state index in [4.69, 9.17) is 15.7 Å². The van der Waals surface area contributed by atoms with Crippen LogP contribution in [-0.2, 0) is 6.54 Å². The van der Waals surface area contributed by atoms with Crippen LogP contribution in [0.15, 0.2) is 198 Å². The molecule has 248 valence electrons. The number of nitrogens with zero attached hydrogens (tertiary/aromatic N) is 4. The van der Waals surface area contributed by atoms with Gasteiger partial charge in [0.05, 0.1) is 17.6 Å². The first-order valence-corrected chi connectivity index (χ1v) is 17.5. The molecule has 0 aliphatic rings. The summed E-state index contributed by atoms with van der Waals surface area (Å²) in [4.78, 5) is 9.85. The van der Waals surface area contributed by atoms with E-state index >= 15 is 0 Å². The Hall–Kier alpha value is -6.98. The highest BCUT2D eigenvalue weighted by Gasteiger charge is 2.22. The molecule has 0 amide bonds. The van der Waals surface area contributed by atoms with E-state index in [-0.39, 0.29) is 0 Å². The number of aliphatic imine (C=N–C) groups is 2. The minimum absolute atomic E-state index is 0.428. The predicted octanol–water partition coefficient (Wildman–Crippen LogP) is 10.7. The SMILES string of the molecule is N/C(=N\C(=N/Cc1ccccc1)c1ccc(-n2c3ccccc3c3c4ccccc4n(-c4cccc(-c5ccccc5)c4)c32)cc1)c1ccccc1. The fraction of sp³-hybridized carbons (Fsp3) is 0.0213. The topological polar surface area (TPSA) is 60.6 Å². The predicted molar refractivity (Wildman–Crippen MR) is 217 cm³/mol. The van der Waals surface area contributed by atoms with Gasteiger partial charge >= 0.3 is 0 Å². The van der Waals surface area contributed by atoms with Gasteiger partial charge in [0.15, 0.2) is 5.84 Å². The van der Waals surface area contributed by atoms with Crippen molar-refractivity contribution in [2.24, 2.45) is 15.7 Å². The van der Waals surface area contributed by atoms with E-state index in [1.807, 2.05) is 48.5 Å². The lowest BCUT2D eigenvalue weighted by molar-refractivity contribution is 1.06. The Morgan fingerprint density at radius 1 is 0.481 bits per heavy atom. The fourth-order valence-electron chi connectivity index (χ4n) is 7.16. The smallest absolute Gasteiger partial charge is 0.157 e. The van der Waals surface area contributed by atoms with Crippen LogP contribution in [0.3, 0.4) is 0 Å². The van der Waals surface area contributed by atoms with Crippen molar-refractivity contribution in [2.75, 3.05) is 0 Å². The van der Waals surface area contributed by atoms with Crippen molar-refractivity contribution in [2.45, 2.75) is 6.54 Å². The molecule has 5 heteroatoms. The van der Waals surface area contributed by atoms with Crippen LogP contribution < -0.4 is 5.73 Å². The molecule has 0 spiro atoms. The lowest BCUT2D eigenvalue weighted by Crippen LogP contribution is -2.16. The fourth-order valence-corrected chi connectivity index (χ4v) is 7.16. The van der Waals surface area contributed by atoms with Gasteiger partial charge in [0, 0.05) is 38.7 Å². The summed E-state index contributed by atoms with van der Waals surface area (Å²) in [7, 11) is 0. The molecule has 0 unspecified atom stereocenters. The lowest BCUT2D eigenvalue weighted by Gasteiger charge is -2.14. The van der Waals surface area contributed by atoms with E-state index < -0.39 is 0 Å². The monoisotopic (exact) mass is 669 g/mol. The first-order chi connectivity index (χ1) is 25.7. The van der Waals surface area contributed by atoms with Crippen LogP contribution in [0.1, 0.15) is 16.7 Å². The maximum Gasteiger partial charge on any atom is 0.157 e. The molecule has 0 bridgehead atoms. The van der Waals surface area contributed by atoms with E-state index in [0.29, 0.717) is 18.2 Å². The Balaban J connectivity index is 1.22. The normalized spacial score (nSPS) is 12.2. The Morgan fingerprint density at radius 2 is 1.04 bits per heavy atom. The van der Waals surface area contributed by atoms with Gasteiger partial charge in [-0.2, -0.15) is 0 Å². The van der Waals surface area contributed by atoms with Crippen molar-refractivity contribution in [1.82, 2.24) is 9.13 Å². The van der Waals surface area contributed by atoms with Gasteiger partial charge in [-0.05, 0) is 65.2 Å². The average Bonchev–Trinajstić information content (AvgIpc) is 3.73. The average molecular weight is 670 g/mol. The van der Waals surface area contributed by atoms with Gasteiger partial charge in [-0.1, -0.05) is 140 Å². The van der Waals surface area contributed by atoms with E-state index in [1.54, 1.807) is 0 Å². The van der Waals surface area contributed by atoms with Gasteiger partial charge in [-0.15, -0.1) is 0 Å². The summed E-state index contributed by atoms with van der Waals surface area (Å²) in [5.74, 6) is 1.02. The van der Waals surface area contributed by atoms with Gasteiger partial charge in [0.2, 0.25) is 0 Å². The molecule has 0 saturated heterocycles. The first-order valence-electron chi connectivity index (χ1n) is 17.5. The molecule has 9 rings (SSSR count). The molecule has 2 heterocycles. The van der Waals surface area contributed by atoms with Crippen LogP contribution in [0, 0.1) is 0 Å². The molecule has 2 aromatic heterocycles. The van der Waals surface area contributed by atoms with E-state index in [0.717, 1.165) is 44.7 Å². The summed E-state index contributed by atoms with van der Waals surface area (Å²) in [5.41, 5.74) is 17.3. The second-order valence-electron chi connectivity index (χ2n) is 12.9. The number of benzene rings is 7. The molecule has 0 aliphatic carbocycles. The van der Waals surface area contributed by atoms with Crippen molar-refractivity contribution in [3.8, 4) is 22.5 Å². The minimum atomic E-state index is 0.428. The molecule has 0 atom stereocenters. The van der Waals surface area contributed by atoms with Crippen LogP contribution in [0.4, 0.5) is 0 Å². The lowest BCUT2D eigenvalue weighted by atomic mass is 10.1. The number of para-hydroxylation sites is 2. The standard InChI is InChI=1S/C47H35N5/c48-45(35-19-8-3-9-20-35)50-46(49-32-33-15-4-1-5-16-33)36-27-29-38(30-28-36)51-42-25-12-10-23-40(42)44-41-24-11-13-26-43(41)52(47(44)51)39-22-14-21-37(31-39)34-17-6-2-7-18-34/h1-31H,32H2,(H2,48,49,50). The summed E-state index contributed by atoms with van der Waals surface area (Å²) in [5, 5.41) is 3.65. The zero-order chi connectivity index (χ0) is 34.9. The quantitative estimate of drug-likeness (QED) is 0.133. The van der Waals surface area contributed by atoms with Crippen molar-refractivity contribution >= 4 is 44.5 Å². The van der Waals surface area contributed by atoms with Gasteiger partial charge in [-0.25, -0.2) is 4.99 Å². The van der Waals surface area contributed by atoms with Crippen molar-refractivity contribution in [3.05, 3.63) is 205 Å². The van der Waals surface area contributed by atoms with Crippen LogP contribution in [0.5, 0.6) is 0 Å². The Morgan fingerprint density at radius 3 is 1.71 bits per heavy atom. The largest absolute Gasteiger partial charge is 0.383 e. The Kier molecular flexibility index (Phi) is 7.99. The maximum atomic E-state index is 6.55. The molecule has 7 aromatic carbocycles. The van der Waals surface area contributed by atoms with Gasteiger partial charge in [0.25, 0.3) is 0 Å². The molecule has 5 nitrogen and oxygen atoms in total. The Labute approximate surface area is 302 Å². The maximum absolute atomic E-state index is 6.55. The van der Waals surface area contributed by atoms with Crippen molar-refractivity contribution in [3.63, 3.8) is 0 Å². The highest BCUT2D eigenvalue weighted by atomic mass is 15.1. The first kappa shape index (κ1) is 31.0. The number of hydrogen-bond donors (Lipinski definition) is 1. The number of hydrogen-bond acceptors (Lipinski definition) is 1. The Bertz CT molecular complexity index is 2740. The van der Waals surface area contributed by atoms with Crippen LogP contribution >= 0.6 is 0 Å². The van der Waals surface area contributed by atoms with Gasteiger partial charge in [-0.3, -0.25) is 14.1 Å². The van der Waals surface area contributed by atoms with Crippen molar-refractivity contribution in [1.29, 1.82) is 0 Å². The second kappa shape index (κ2) is 13.4. The molecular formula is C47H35N5. The summed E-state index contributed by atoms with van der Waals surface area (Å²) >= 11 is 0. The number of rotatable bonds is 7. The molecule has 9 aromatic rings. The second-order valence-corrected chi connectivity index (χ2v) is 12.9. The molecule has 2 N–H and O–H groups in total. The molecule has 0 radical (unpaired) electrons. The molecule has 0 saturated carbocycles. The van der Waals surface area contributed by atoms with Gasteiger partial charge in [0.1, 0.15) is 11.5 Å². The van der Waals surface area contributed by atoms with E-state index in [2.05, 4.69) is 149 Å². The van der Waals surface area contributed by atoms with E-state index in [1.165, 1.54) is 27.3 Å². The summed E-state index contributed by atoms with van der Waals surface area (Å²) in [6.07, 6.45) is 0. The van der Waals surface area contributed by atoms with E-state index in [9.17, 15) is 0 Å². The minimum Gasteiger partial charge on any atom is -0.383 e. The van der Waals surface area contributed by atoms with Crippen LogP contribution in [-0.4, -0.2) is 20.8 Å². The highest BCUT2D eigenvalue weighted by molar-refractivity contribution is 6.22. The molecular weight excluding hydrogens is 635 g/mol. The zero-order valence-corrected chi connectivity index (χ0v) is 28.5. The van der Waals surface area contributed by atoms with Crippen LogP contribution in [0.2, 0.25) is 0 Å². The van der Waals surface area contributed by atoms with Gasteiger partial charge < -0.3 is 5.73 Å². The zero-order valence-electron chi connectivity index (χ0n) is 28.5.